The van der Waals surface area contributed by atoms with Crippen LogP contribution in [0, 0.1) is 6.92 Å². The number of nitrogens with two attached hydrogens (primary N) is 1. The van der Waals surface area contributed by atoms with Gasteiger partial charge in [-0.25, -0.2) is 9.50 Å². The normalized spacial score (nSPS) is 11.2. The molecule has 3 rings (SSSR count). The van der Waals surface area contributed by atoms with Crippen molar-refractivity contribution in [1.29, 1.82) is 0 Å². The van der Waals surface area contributed by atoms with Crippen molar-refractivity contribution in [1.82, 2.24) is 14.6 Å². The van der Waals surface area contributed by atoms with Gasteiger partial charge in [0.05, 0.1) is 16.8 Å². The van der Waals surface area contributed by atoms with Crippen LogP contribution >= 0.6 is 11.3 Å². The molecule has 3 aromatic heterocycles. The lowest BCUT2D eigenvalue weighted by atomic mass is 10.2. The molecule has 0 aromatic carbocycles. The van der Waals surface area contributed by atoms with Crippen LogP contribution in [0.15, 0.2) is 29.8 Å². The zero-order valence-corrected chi connectivity index (χ0v) is 10.2. The summed E-state index contributed by atoms with van der Waals surface area (Å²) in [4.78, 5) is 5.46. The van der Waals surface area contributed by atoms with Gasteiger partial charge >= 0.3 is 0 Å². The van der Waals surface area contributed by atoms with Crippen molar-refractivity contribution in [3.8, 4) is 10.6 Å². The van der Waals surface area contributed by atoms with Gasteiger partial charge in [0, 0.05) is 6.54 Å². The summed E-state index contributed by atoms with van der Waals surface area (Å²) in [5.41, 5.74) is 9.64. The molecule has 0 spiro atoms. The second-order valence-electron chi connectivity index (χ2n) is 3.87. The van der Waals surface area contributed by atoms with Gasteiger partial charge in [-0.1, -0.05) is 0 Å². The number of hydrogen-bond acceptors (Lipinski definition) is 4. The Morgan fingerprint density at radius 1 is 1.35 bits per heavy atom. The Morgan fingerprint density at radius 3 is 2.94 bits per heavy atom. The van der Waals surface area contributed by atoms with Crippen molar-refractivity contribution >= 4 is 17.0 Å². The third kappa shape index (κ3) is 1.64. The van der Waals surface area contributed by atoms with Crippen molar-refractivity contribution in [2.75, 3.05) is 0 Å². The summed E-state index contributed by atoms with van der Waals surface area (Å²) in [6.45, 7) is 2.54. The average molecular weight is 244 g/mol. The first-order valence-corrected chi connectivity index (χ1v) is 6.26. The molecule has 0 aliphatic rings. The molecule has 0 saturated heterocycles. The second kappa shape index (κ2) is 3.94. The maximum absolute atomic E-state index is 5.66. The van der Waals surface area contributed by atoms with E-state index in [-0.39, 0.29) is 0 Å². The maximum atomic E-state index is 5.66. The fraction of sp³-hybridized carbons (Fsp3) is 0.167. The summed E-state index contributed by atoms with van der Waals surface area (Å²) in [6.07, 6.45) is 1.77. The number of hydrogen-bond donors (Lipinski definition) is 1. The van der Waals surface area contributed by atoms with Crippen LogP contribution in [0.1, 0.15) is 11.3 Å². The van der Waals surface area contributed by atoms with Gasteiger partial charge in [0.1, 0.15) is 5.69 Å². The molecule has 0 fully saturated rings. The summed E-state index contributed by atoms with van der Waals surface area (Å²) >= 11 is 1.70. The number of rotatable bonds is 2. The van der Waals surface area contributed by atoms with Crippen LogP contribution in [-0.2, 0) is 6.54 Å². The van der Waals surface area contributed by atoms with E-state index in [4.69, 9.17) is 5.73 Å². The van der Waals surface area contributed by atoms with Gasteiger partial charge in [-0.05, 0) is 36.1 Å². The van der Waals surface area contributed by atoms with E-state index in [0.717, 1.165) is 17.0 Å². The first-order valence-electron chi connectivity index (χ1n) is 5.38. The van der Waals surface area contributed by atoms with Crippen LogP contribution < -0.4 is 5.73 Å². The smallest absolute Gasteiger partial charge is 0.153 e. The van der Waals surface area contributed by atoms with Gasteiger partial charge in [-0.3, -0.25) is 0 Å². The predicted molar refractivity (Wildman–Crippen MR) is 68.9 cm³/mol. The molecule has 0 amide bonds. The fourth-order valence-corrected chi connectivity index (χ4v) is 2.71. The summed E-state index contributed by atoms with van der Waals surface area (Å²) in [6, 6.07) is 6.08. The Morgan fingerprint density at radius 2 is 2.24 bits per heavy atom. The van der Waals surface area contributed by atoms with E-state index in [9.17, 15) is 0 Å². The summed E-state index contributed by atoms with van der Waals surface area (Å²) < 4.78 is 1.81. The zero-order chi connectivity index (χ0) is 11.8. The van der Waals surface area contributed by atoms with Gasteiger partial charge in [-0.15, -0.1) is 11.3 Å². The lowest BCUT2D eigenvalue weighted by molar-refractivity contribution is 0.850. The van der Waals surface area contributed by atoms with Gasteiger partial charge in [0.2, 0.25) is 0 Å². The van der Waals surface area contributed by atoms with Crippen molar-refractivity contribution < 1.29 is 0 Å². The number of fused-ring (bicyclic) bond motifs is 1. The summed E-state index contributed by atoms with van der Waals surface area (Å²) in [5.74, 6) is 0. The number of nitrogens with zero attached hydrogens (tertiary/aromatic N) is 3. The SMILES string of the molecule is Cc1ccsc1-c1ccc2ncc(CN)n2n1. The molecule has 2 N–H and O–H groups in total. The van der Waals surface area contributed by atoms with Crippen LogP contribution in [0.2, 0.25) is 0 Å². The van der Waals surface area contributed by atoms with Crippen molar-refractivity contribution in [3.63, 3.8) is 0 Å². The van der Waals surface area contributed by atoms with Crippen molar-refractivity contribution in [3.05, 3.63) is 41.0 Å². The van der Waals surface area contributed by atoms with Gasteiger partial charge < -0.3 is 5.73 Å². The minimum atomic E-state index is 0.445. The number of aryl methyl sites for hydroxylation is 1. The fourth-order valence-electron chi connectivity index (χ4n) is 1.82. The van der Waals surface area contributed by atoms with Crippen LogP contribution in [0.25, 0.3) is 16.2 Å². The topological polar surface area (TPSA) is 56.2 Å². The molecular formula is C12H12N4S. The standard InChI is InChI=1S/C12H12N4S/c1-8-4-5-17-12(8)10-2-3-11-14-7-9(6-13)16(11)15-10/h2-5,7H,6,13H2,1H3. The molecule has 0 aliphatic heterocycles. The van der Waals surface area contributed by atoms with Crippen LogP contribution in [0.5, 0.6) is 0 Å². The average Bonchev–Trinajstić information content (AvgIpc) is 2.93. The van der Waals surface area contributed by atoms with Gasteiger partial charge in [-0.2, -0.15) is 5.10 Å². The first-order chi connectivity index (χ1) is 8.29. The van der Waals surface area contributed by atoms with E-state index >= 15 is 0 Å². The maximum Gasteiger partial charge on any atom is 0.153 e. The first kappa shape index (κ1) is 10.4. The molecule has 86 valence electrons. The van der Waals surface area contributed by atoms with E-state index in [0.29, 0.717) is 6.54 Å². The summed E-state index contributed by atoms with van der Waals surface area (Å²) in [5, 5.41) is 6.67. The van der Waals surface area contributed by atoms with E-state index in [1.807, 2.05) is 16.6 Å². The zero-order valence-electron chi connectivity index (χ0n) is 9.42. The Balaban J connectivity index is 2.22. The molecular weight excluding hydrogens is 232 g/mol. The minimum absolute atomic E-state index is 0.445. The van der Waals surface area contributed by atoms with Gasteiger partial charge in [0.25, 0.3) is 0 Å². The third-order valence-corrected chi connectivity index (χ3v) is 3.78. The molecule has 0 saturated carbocycles. The third-order valence-electron chi connectivity index (χ3n) is 2.74. The van der Waals surface area contributed by atoms with Crippen LogP contribution in [0.3, 0.4) is 0 Å². The highest BCUT2D eigenvalue weighted by molar-refractivity contribution is 7.13. The molecule has 3 aromatic rings. The number of aromatic nitrogens is 3. The molecule has 0 aliphatic carbocycles. The van der Waals surface area contributed by atoms with E-state index < -0.39 is 0 Å². The number of imidazole rings is 1. The highest BCUT2D eigenvalue weighted by atomic mass is 32.1. The molecule has 0 bridgehead atoms. The minimum Gasteiger partial charge on any atom is -0.325 e. The molecule has 3 heterocycles. The van der Waals surface area contributed by atoms with E-state index in [1.54, 1.807) is 17.5 Å². The molecule has 5 heteroatoms. The van der Waals surface area contributed by atoms with E-state index in [2.05, 4.69) is 28.5 Å². The number of thiophene rings is 1. The van der Waals surface area contributed by atoms with Crippen molar-refractivity contribution in [2.24, 2.45) is 5.73 Å². The van der Waals surface area contributed by atoms with Crippen molar-refractivity contribution in [2.45, 2.75) is 13.5 Å². The highest BCUT2D eigenvalue weighted by Crippen LogP contribution is 2.27. The largest absolute Gasteiger partial charge is 0.325 e. The molecule has 0 unspecified atom stereocenters. The lowest BCUT2D eigenvalue weighted by Gasteiger charge is -2.02. The molecule has 17 heavy (non-hydrogen) atoms. The van der Waals surface area contributed by atoms with Gasteiger partial charge in [0.15, 0.2) is 5.65 Å². The quantitative estimate of drug-likeness (QED) is 0.752. The Labute approximate surface area is 103 Å². The summed E-state index contributed by atoms with van der Waals surface area (Å²) in [7, 11) is 0. The van der Waals surface area contributed by atoms with Crippen LogP contribution in [-0.4, -0.2) is 14.6 Å². The van der Waals surface area contributed by atoms with E-state index in [1.165, 1.54) is 10.4 Å². The monoisotopic (exact) mass is 244 g/mol. The highest BCUT2D eigenvalue weighted by Gasteiger charge is 2.08. The molecule has 0 radical (unpaired) electrons. The Bertz CT molecular complexity index is 668. The molecule has 0 atom stereocenters. The Kier molecular flexibility index (Phi) is 2.42. The van der Waals surface area contributed by atoms with Crippen LogP contribution in [0.4, 0.5) is 0 Å². The second-order valence-corrected chi connectivity index (χ2v) is 4.79. The lowest BCUT2D eigenvalue weighted by Crippen LogP contribution is -2.04. The Hall–Kier alpha value is -1.72. The predicted octanol–water partition coefficient (Wildman–Crippen LogP) is 2.22. The molecule has 4 nitrogen and oxygen atoms in total.